The summed E-state index contributed by atoms with van der Waals surface area (Å²) in [7, 11) is 0. The van der Waals surface area contributed by atoms with E-state index in [0.717, 1.165) is 11.8 Å². The Hall–Kier alpha value is -0.780. The van der Waals surface area contributed by atoms with Gasteiger partial charge in [0.25, 0.3) is 0 Å². The van der Waals surface area contributed by atoms with Gasteiger partial charge in [0.05, 0.1) is 0 Å². The number of hydrogen-bond donors (Lipinski definition) is 0. The molecule has 2 atom stereocenters. The van der Waals surface area contributed by atoms with Crippen LogP contribution < -0.4 is 0 Å². The number of benzene rings is 1. The highest BCUT2D eigenvalue weighted by atomic mass is 14.2. The van der Waals surface area contributed by atoms with E-state index in [4.69, 9.17) is 0 Å². The first-order valence-electron chi connectivity index (χ1n) is 7.30. The van der Waals surface area contributed by atoms with Gasteiger partial charge < -0.3 is 0 Å². The van der Waals surface area contributed by atoms with Gasteiger partial charge in [-0.1, -0.05) is 76.8 Å². The van der Waals surface area contributed by atoms with Crippen LogP contribution in [0.15, 0.2) is 30.3 Å². The first-order valence-corrected chi connectivity index (χ1v) is 7.30. The lowest BCUT2D eigenvalue weighted by molar-refractivity contribution is 0.379. The molecule has 2 unspecified atom stereocenters. The van der Waals surface area contributed by atoms with E-state index in [0.29, 0.717) is 0 Å². The van der Waals surface area contributed by atoms with Gasteiger partial charge in [-0.15, -0.1) is 0 Å². The van der Waals surface area contributed by atoms with E-state index < -0.39 is 0 Å². The van der Waals surface area contributed by atoms with E-state index in [1.165, 1.54) is 44.1 Å². The molecule has 0 aliphatic carbocycles. The van der Waals surface area contributed by atoms with Gasteiger partial charge in [0, 0.05) is 0 Å². The maximum Gasteiger partial charge on any atom is -0.0250 e. The second-order valence-corrected chi connectivity index (χ2v) is 5.44. The highest BCUT2D eigenvalue weighted by Crippen LogP contribution is 2.22. The Morgan fingerprint density at radius 3 is 2.24 bits per heavy atom. The van der Waals surface area contributed by atoms with Crippen molar-refractivity contribution >= 4 is 0 Å². The van der Waals surface area contributed by atoms with Gasteiger partial charge in [-0.05, 0) is 30.2 Å². The molecule has 96 valence electrons. The molecule has 0 bridgehead atoms. The average Bonchev–Trinajstić information content (AvgIpc) is 2.37. The van der Waals surface area contributed by atoms with Crippen LogP contribution in [0.2, 0.25) is 0 Å². The second-order valence-electron chi connectivity index (χ2n) is 5.44. The average molecular weight is 232 g/mol. The van der Waals surface area contributed by atoms with Crippen LogP contribution in [-0.4, -0.2) is 0 Å². The van der Waals surface area contributed by atoms with Crippen molar-refractivity contribution < 1.29 is 0 Å². The van der Waals surface area contributed by atoms with Gasteiger partial charge in [-0.25, -0.2) is 0 Å². The van der Waals surface area contributed by atoms with Crippen molar-refractivity contribution in [2.75, 3.05) is 0 Å². The fourth-order valence-corrected chi connectivity index (χ4v) is 2.43. The van der Waals surface area contributed by atoms with Crippen LogP contribution in [0.1, 0.15) is 58.4 Å². The zero-order chi connectivity index (χ0) is 12.5. The topological polar surface area (TPSA) is 0 Å². The first-order chi connectivity index (χ1) is 8.26. The minimum Gasteiger partial charge on any atom is -0.0654 e. The van der Waals surface area contributed by atoms with Crippen LogP contribution in [0.3, 0.4) is 0 Å². The van der Waals surface area contributed by atoms with E-state index in [9.17, 15) is 0 Å². The fourth-order valence-electron chi connectivity index (χ4n) is 2.43. The van der Waals surface area contributed by atoms with E-state index in [1.54, 1.807) is 0 Å². The highest BCUT2D eigenvalue weighted by molar-refractivity contribution is 5.15. The normalized spacial score (nSPS) is 14.5. The molecule has 0 saturated carbocycles. The van der Waals surface area contributed by atoms with Gasteiger partial charge in [0.2, 0.25) is 0 Å². The molecule has 1 rings (SSSR count). The lowest BCUT2D eigenvalue weighted by Crippen LogP contribution is -2.07. The predicted molar refractivity (Wildman–Crippen MR) is 77.2 cm³/mol. The Labute approximate surface area is 107 Å². The Bertz CT molecular complexity index is 275. The third-order valence-corrected chi connectivity index (χ3v) is 3.83. The molecule has 17 heavy (non-hydrogen) atoms. The Morgan fingerprint density at radius 2 is 1.65 bits per heavy atom. The van der Waals surface area contributed by atoms with E-state index in [2.05, 4.69) is 51.1 Å². The van der Waals surface area contributed by atoms with Gasteiger partial charge in [-0.2, -0.15) is 0 Å². The molecule has 0 aliphatic heterocycles. The van der Waals surface area contributed by atoms with Crippen molar-refractivity contribution in [2.45, 2.75) is 59.3 Å². The van der Waals surface area contributed by atoms with E-state index in [-0.39, 0.29) is 0 Å². The summed E-state index contributed by atoms with van der Waals surface area (Å²) in [6.45, 7) is 6.99. The maximum atomic E-state index is 2.38. The zero-order valence-corrected chi connectivity index (χ0v) is 11.8. The molecule has 0 heteroatoms. The summed E-state index contributed by atoms with van der Waals surface area (Å²) in [5, 5.41) is 0. The number of rotatable bonds is 8. The van der Waals surface area contributed by atoms with Crippen molar-refractivity contribution in [2.24, 2.45) is 11.8 Å². The van der Waals surface area contributed by atoms with E-state index in [1.807, 2.05) is 0 Å². The molecule has 0 radical (unpaired) electrons. The fraction of sp³-hybridized carbons (Fsp3) is 0.647. The molecule has 0 N–H and O–H groups in total. The van der Waals surface area contributed by atoms with E-state index >= 15 is 0 Å². The monoisotopic (exact) mass is 232 g/mol. The van der Waals surface area contributed by atoms with Crippen molar-refractivity contribution in [3.05, 3.63) is 35.9 Å². The van der Waals surface area contributed by atoms with Crippen LogP contribution in [0, 0.1) is 11.8 Å². The first kappa shape index (κ1) is 14.3. The molecule has 0 saturated heterocycles. The lowest BCUT2D eigenvalue weighted by atomic mass is 9.88. The summed E-state index contributed by atoms with van der Waals surface area (Å²) in [4.78, 5) is 0. The Balaban J connectivity index is 2.43. The molecule has 1 aromatic carbocycles. The third kappa shape index (κ3) is 5.91. The van der Waals surface area contributed by atoms with Crippen molar-refractivity contribution in [3.63, 3.8) is 0 Å². The molecule has 0 aliphatic rings. The van der Waals surface area contributed by atoms with Crippen LogP contribution >= 0.6 is 0 Å². The van der Waals surface area contributed by atoms with Crippen LogP contribution in [0.25, 0.3) is 0 Å². The lowest BCUT2D eigenvalue weighted by Gasteiger charge is -2.18. The van der Waals surface area contributed by atoms with Crippen LogP contribution in [0.5, 0.6) is 0 Å². The summed E-state index contributed by atoms with van der Waals surface area (Å²) in [6.07, 6.45) is 8.09. The molecule has 1 aromatic rings. The standard InChI is InChI=1S/C17H28/c1-4-9-16(13-12-15(3)5-2)14-17-10-7-6-8-11-17/h6-8,10-11,15-16H,4-5,9,12-14H2,1-3H3. The van der Waals surface area contributed by atoms with Crippen molar-refractivity contribution in [3.8, 4) is 0 Å². The van der Waals surface area contributed by atoms with Gasteiger partial charge in [-0.3, -0.25) is 0 Å². The second kappa shape index (κ2) is 8.33. The quantitative estimate of drug-likeness (QED) is 0.557. The molecule has 0 fully saturated rings. The summed E-state index contributed by atoms with van der Waals surface area (Å²) in [5.41, 5.74) is 1.51. The van der Waals surface area contributed by atoms with Crippen LogP contribution in [-0.2, 0) is 6.42 Å². The molecular weight excluding hydrogens is 204 g/mol. The minimum absolute atomic E-state index is 0.886. The predicted octanol–water partition coefficient (Wildman–Crippen LogP) is 5.47. The molecule has 0 heterocycles. The molecule has 0 nitrogen and oxygen atoms in total. The summed E-state index contributed by atoms with van der Waals surface area (Å²) >= 11 is 0. The van der Waals surface area contributed by atoms with Crippen molar-refractivity contribution in [1.29, 1.82) is 0 Å². The molecule has 0 aromatic heterocycles. The molecular formula is C17H28. The maximum absolute atomic E-state index is 2.38. The highest BCUT2D eigenvalue weighted by Gasteiger charge is 2.10. The largest absolute Gasteiger partial charge is 0.0654 e. The van der Waals surface area contributed by atoms with Crippen LogP contribution in [0.4, 0.5) is 0 Å². The van der Waals surface area contributed by atoms with Crippen molar-refractivity contribution in [1.82, 2.24) is 0 Å². The van der Waals surface area contributed by atoms with Gasteiger partial charge in [0.1, 0.15) is 0 Å². The number of hydrogen-bond acceptors (Lipinski definition) is 0. The Kier molecular flexibility index (Phi) is 7.00. The zero-order valence-electron chi connectivity index (χ0n) is 11.8. The van der Waals surface area contributed by atoms with Gasteiger partial charge in [0.15, 0.2) is 0 Å². The molecule has 0 amide bonds. The summed E-state index contributed by atoms with van der Waals surface area (Å²) < 4.78 is 0. The SMILES string of the molecule is CCCC(CCC(C)CC)Cc1ccccc1. The van der Waals surface area contributed by atoms with Gasteiger partial charge >= 0.3 is 0 Å². The summed E-state index contributed by atoms with van der Waals surface area (Å²) in [5.74, 6) is 1.78. The Morgan fingerprint density at radius 1 is 0.941 bits per heavy atom. The smallest absolute Gasteiger partial charge is 0.0250 e. The molecule has 0 spiro atoms. The third-order valence-electron chi connectivity index (χ3n) is 3.83. The minimum atomic E-state index is 0.886. The summed E-state index contributed by atoms with van der Waals surface area (Å²) in [6, 6.07) is 11.0.